The first kappa shape index (κ1) is 16.2. The molecule has 26 heavy (non-hydrogen) atoms. The first-order chi connectivity index (χ1) is 12.6. The van der Waals surface area contributed by atoms with Crippen LogP contribution in [0.3, 0.4) is 0 Å². The summed E-state index contributed by atoms with van der Waals surface area (Å²) in [5.74, 6) is -0.357. The van der Waals surface area contributed by atoms with Crippen molar-refractivity contribution in [1.82, 2.24) is 9.88 Å². The maximum absolute atomic E-state index is 11.8. The number of imide groups is 1. The van der Waals surface area contributed by atoms with Gasteiger partial charge in [-0.3, -0.25) is 14.9 Å². The third-order valence-corrected chi connectivity index (χ3v) is 5.00. The van der Waals surface area contributed by atoms with Gasteiger partial charge in [0.1, 0.15) is 0 Å². The minimum absolute atomic E-state index is 0.344. The molecule has 1 aliphatic rings. The number of nitrogens with one attached hydrogen (secondary N) is 1. The fraction of sp³-hybridized carbons (Fsp3) is 0.0500. The molecule has 5 nitrogen and oxygen atoms in total. The van der Waals surface area contributed by atoms with E-state index in [9.17, 15) is 9.59 Å². The summed E-state index contributed by atoms with van der Waals surface area (Å²) >= 11 is 0.915. The minimum Gasteiger partial charge on any atom is -0.343 e. The zero-order chi connectivity index (χ0) is 18.1. The number of fused-ring (bicyclic) bond motifs is 1. The van der Waals surface area contributed by atoms with Crippen molar-refractivity contribution in [3.05, 3.63) is 76.3 Å². The lowest BCUT2D eigenvalue weighted by molar-refractivity contribution is -0.115. The molecule has 1 saturated heterocycles. The SMILES string of the molecule is N#Cc1cccc(Cn2ccc3c(/C=C4\SC(=O)NC4=O)cccc32)c1. The lowest BCUT2D eigenvalue weighted by Gasteiger charge is -2.07. The van der Waals surface area contributed by atoms with E-state index >= 15 is 0 Å². The molecule has 0 radical (unpaired) electrons. The van der Waals surface area contributed by atoms with E-state index in [-0.39, 0.29) is 11.1 Å². The van der Waals surface area contributed by atoms with Gasteiger partial charge in [-0.05, 0) is 53.2 Å². The molecule has 0 aliphatic carbocycles. The van der Waals surface area contributed by atoms with Crippen LogP contribution in [-0.4, -0.2) is 15.7 Å². The molecule has 1 aromatic heterocycles. The molecular weight excluding hydrogens is 346 g/mol. The van der Waals surface area contributed by atoms with Crippen LogP contribution in [0.2, 0.25) is 0 Å². The monoisotopic (exact) mass is 359 g/mol. The van der Waals surface area contributed by atoms with Crippen molar-refractivity contribution in [3.8, 4) is 6.07 Å². The number of nitriles is 1. The van der Waals surface area contributed by atoms with Crippen LogP contribution in [0.5, 0.6) is 0 Å². The lowest BCUT2D eigenvalue weighted by Crippen LogP contribution is -2.17. The maximum atomic E-state index is 11.8. The lowest BCUT2D eigenvalue weighted by atomic mass is 10.1. The first-order valence-corrected chi connectivity index (χ1v) is 8.77. The average Bonchev–Trinajstić information content (AvgIpc) is 3.19. The van der Waals surface area contributed by atoms with Crippen molar-refractivity contribution in [2.45, 2.75) is 6.54 Å². The van der Waals surface area contributed by atoms with Gasteiger partial charge in [0.15, 0.2) is 0 Å². The fourth-order valence-electron chi connectivity index (χ4n) is 3.01. The molecule has 0 unspecified atom stereocenters. The van der Waals surface area contributed by atoms with Gasteiger partial charge in [-0.2, -0.15) is 5.26 Å². The number of thioether (sulfide) groups is 1. The van der Waals surface area contributed by atoms with Crippen LogP contribution in [0, 0.1) is 11.3 Å². The van der Waals surface area contributed by atoms with Crippen molar-refractivity contribution in [1.29, 1.82) is 5.26 Å². The summed E-state index contributed by atoms with van der Waals surface area (Å²) in [6.45, 7) is 0.646. The number of hydrogen-bond acceptors (Lipinski definition) is 4. The largest absolute Gasteiger partial charge is 0.343 e. The Bertz CT molecular complexity index is 1120. The maximum Gasteiger partial charge on any atom is 0.290 e. The Labute approximate surface area is 153 Å². The van der Waals surface area contributed by atoms with E-state index in [2.05, 4.69) is 16.0 Å². The Morgan fingerprint density at radius 1 is 1.15 bits per heavy atom. The van der Waals surface area contributed by atoms with Crippen LogP contribution in [0.15, 0.2) is 59.6 Å². The highest BCUT2D eigenvalue weighted by Gasteiger charge is 2.25. The summed E-state index contributed by atoms with van der Waals surface area (Å²) in [7, 11) is 0. The van der Waals surface area contributed by atoms with Crippen LogP contribution in [-0.2, 0) is 11.3 Å². The Kier molecular flexibility index (Phi) is 4.07. The van der Waals surface area contributed by atoms with Gasteiger partial charge in [0, 0.05) is 23.6 Å². The van der Waals surface area contributed by atoms with Gasteiger partial charge >= 0.3 is 0 Å². The smallest absolute Gasteiger partial charge is 0.290 e. The Morgan fingerprint density at radius 3 is 2.77 bits per heavy atom. The standard InChI is InChI=1S/C20H13N3O2S/c21-11-13-3-1-4-14(9-13)12-23-8-7-16-15(5-2-6-17(16)23)10-18-19(24)22-20(25)26-18/h1-10H,12H2,(H,22,24,25)/b18-10-. The molecule has 0 bridgehead atoms. The summed E-state index contributed by atoms with van der Waals surface area (Å²) in [6.07, 6.45) is 3.73. The van der Waals surface area contributed by atoms with E-state index in [4.69, 9.17) is 5.26 Å². The molecule has 6 heteroatoms. The molecule has 4 rings (SSSR count). The second-order valence-electron chi connectivity index (χ2n) is 5.89. The molecular formula is C20H13N3O2S. The third kappa shape index (κ3) is 3.01. The van der Waals surface area contributed by atoms with Crippen LogP contribution < -0.4 is 5.32 Å². The van der Waals surface area contributed by atoms with E-state index in [0.717, 1.165) is 33.8 Å². The highest BCUT2D eigenvalue weighted by Crippen LogP contribution is 2.29. The van der Waals surface area contributed by atoms with E-state index in [1.165, 1.54) is 0 Å². The van der Waals surface area contributed by atoms with Crippen LogP contribution in [0.25, 0.3) is 17.0 Å². The zero-order valence-corrected chi connectivity index (χ0v) is 14.4. The molecule has 1 aliphatic heterocycles. The number of rotatable bonds is 3. The summed E-state index contributed by atoms with van der Waals surface area (Å²) in [6, 6.07) is 17.5. The second kappa shape index (κ2) is 6.54. The average molecular weight is 359 g/mol. The molecule has 126 valence electrons. The van der Waals surface area contributed by atoms with Crippen molar-refractivity contribution < 1.29 is 9.59 Å². The molecule has 3 aromatic rings. The molecule has 1 N–H and O–H groups in total. The van der Waals surface area contributed by atoms with E-state index < -0.39 is 0 Å². The van der Waals surface area contributed by atoms with E-state index in [1.807, 2.05) is 48.7 Å². The predicted molar refractivity (Wildman–Crippen MR) is 101 cm³/mol. The number of carbonyl (C=O) groups excluding carboxylic acids is 2. The van der Waals surface area contributed by atoms with Gasteiger partial charge in [-0.1, -0.05) is 24.3 Å². The summed E-state index contributed by atoms with van der Waals surface area (Å²) < 4.78 is 2.10. The predicted octanol–water partition coefficient (Wildman–Crippen LogP) is 3.89. The Hall–Kier alpha value is -3.30. The van der Waals surface area contributed by atoms with Crippen LogP contribution in [0.4, 0.5) is 4.79 Å². The Balaban J connectivity index is 1.71. The van der Waals surface area contributed by atoms with E-state index in [1.54, 1.807) is 12.1 Å². The topological polar surface area (TPSA) is 74.9 Å². The number of aromatic nitrogens is 1. The summed E-state index contributed by atoms with van der Waals surface area (Å²) in [5, 5.41) is 12.0. The fourth-order valence-corrected chi connectivity index (χ4v) is 3.68. The first-order valence-electron chi connectivity index (χ1n) is 7.96. The molecule has 1 fully saturated rings. The van der Waals surface area contributed by atoms with E-state index in [0.29, 0.717) is 17.0 Å². The molecule has 2 heterocycles. The highest BCUT2D eigenvalue weighted by atomic mass is 32.2. The van der Waals surface area contributed by atoms with Gasteiger partial charge in [-0.25, -0.2) is 0 Å². The van der Waals surface area contributed by atoms with Gasteiger partial charge in [0.2, 0.25) is 0 Å². The van der Waals surface area contributed by atoms with Crippen molar-refractivity contribution in [3.63, 3.8) is 0 Å². The molecule has 0 atom stereocenters. The van der Waals surface area contributed by atoms with Crippen molar-refractivity contribution in [2.75, 3.05) is 0 Å². The van der Waals surface area contributed by atoms with Crippen molar-refractivity contribution >= 4 is 39.9 Å². The Morgan fingerprint density at radius 2 is 2.00 bits per heavy atom. The summed E-state index contributed by atoms with van der Waals surface area (Å²) in [4.78, 5) is 23.5. The van der Waals surface area contributed by atoms with Gasteiger partial charge in [-0.15, -0.1) is 0 Å². The molecule has 2 aromatic carbocycles. The highest BCUT2D eigenvalue weighted by molar-refractivity contribution is 8.18. The number of amides is 2. The number of nitrogens with zero attached hydrogens (tertiary/aromatic N) is 2. The minimum atomic E-state index is -0.357. The normalized spacial score (nSPS) is 15.4. The van der Waals surface area contributed by atoms with Gasteiger partial charge < -0.3 is 4.57 Å². The molecule has 2 amide bonds. The number of benzene rings is 2. The third-order valence-electron chi connectivity index (χ3n) is 4.19. The molecule has 0 saturated carbocycles. The van der Waals surface area contributed by atoms with Gasteiger partial charge in [0.05, 0.1) is 16.5 Å². The number of carbonyl (C=O) groups is 2. The summed E-state index contributed by atoms with van der Waals surface area (Å²) in [5.41, 5.74) is 3.59. The van der Waals surface area contributed by atoms with Gasteiger partial charge in [0.25, 0.3) is 11.1 Å². The zero-order valence-electron chi connectivity index (χ0n) is 13.6. The molecule has 0 spiro atoms. The quantitative estimate of drug-likeness (QED) is 0.720. The van der Waals surface area contributed by atoms with Crippen LogP contribution >= 0.6 is 11.8 Å². The second-order valence-corrected chi connectivity index (χ2v) is 6.90. The number of hydrogen-bond donors (Lipinski definition) is 1. The van der Waals surface area contributed by atoms with Crippen molar-refractivity contribution in [2.24, 2.45) is 0 Å². The van der Waals surface area contributed by atoms with Crippen LogP contribution in [0.1, 0.15) is 16.7 Å².